The molecule has 0 aliphatic heterocycles. The maximum Gasteiger partial charge on any atom is 0.0644 e. The molecule has 0 unspecified atom stereocenters. The van der Waals surface area contributed by atoms with Crippen LogP contribution in [0.2, 0.25) is 0 Å². The van der Waals surface area contributed by atoms with Gasteiger partial charge in [-0.25, -0.2) is 0 Å². The zero-order valence-corrected chi connectivity index (χ0v) is 39.9. The molecule has 0 aromatic carbocycles. The summed E-state index contributed by atoms with van der Waals surface area (Å²) in [5.41, 5.74) is 2.75. The third kappa shape index (κ3) is 15.8. The molecule has 0 aromatic heterocycles. The average molecular weight is 808 g/mol. The van der Waals surface area contributed by atoms with Crippen LogP contribution in [0.3, 0.4) is 0 Å². The second-order valence-corrected chi connectivity index (χ2v) is 21.1. The summed E-state index contributed by atoms with van der Waals surface area (Å²) in [7, 11) is 4.30. The molecule has 0 saturated heterocycles. The van der Waals surface area contributed by atoms with Gasteiger partial charge in [0.2, 0.25) is 0 Å². The number of nitrogens with zero attached hydrogens (tertiary/aromatic N) is 1. The molecule has 0 N–H and O–H groups in total. The Morgan fingerprint density at radius 1 is 0.707 bits per heavy atom. The van der Waals surface area contributed by atoms with Crippen molar-refractivity contribution in [2.24, 2.45) is 46.3 Å². The SMILES string of the molecule is CCCCC/C=C\C/C=C\CCCCCCCCOC[C@H](COCCCCO[C@H]1CC[C@@]2(C)C(=CC[C@H]3[C@@H]4CC[C@H]([C@H](C)CCCC(C)C)[C@@]4(C)CC[C@@H]32)C1)N(C)C. The molecule has 3 saturated carbocycles. The molecule has 0 radical (unpaired) electrons. The minimum absolute atomic E-state index is 0.317. The average Bonchev–Trinajstić information content (AvgIpc) is 3.56. The van der Waals surface area contributed by atoms with Crippen LogP contribution in [0.5, 0.6) is 0 Å². The highest BCUT2D eigenvalue weighted by Crippen LogP contribution is 2.67. The van der Waals surface area contributed by atoms with E-state index in [0.717, 1.165) is 87.8 Å². The lowest BCUT2D eigenvalue weighted by atomic mass is 9.47. The molecule has 0 heterocycles. The van der Waals surface area contributed by atoms with E-state index in [9.17, 15) is 0 Å². The van der Waals surface area contributed by atoms with E-state index in [1.54, 1.807) is 5.57 Å². The summed E-state index contributed by atoms with van der Waals surface area (Å²) in [6.45, 7) is 19.1. The van der Waals surface area contributed by atoms with Gasteiger partial charge >= 0.3 is 0 Å². The van der Waals surface area contributed by atoms with Gasteiger partial charge in [0.05, 0.1) is 25.4 Å². The minimum Gasteiger partial charge on any atom is -0.380 e. The molecule has 0 amide bonds. The summed E-state index contributed by atoms with van der Waals surface area (Å²) in [5.74, 6) is 5.44. The number of allylic oxidation sites excluding steroid dienone is 5. The lowest BCUT2D eigenvalue weighted by Crippen LogP contribution is -2.51. The van der Waals surface area contributed by atoms with E-state index in [2.05, 4.69) is 90.9 Å². The largest absolute Gasteiger partial charge is 0.380 e. The van der Waals surface area contributed by atoms with Gasteiger partial charge in [0, 0.05) is 19.8 Å². The third-order valence-corrected chi connectivity index (χ3v) is 16.1. The lowest BCUT2D eigenvalue weighted by molar-refractivity contribution is -0.0643. The molecular formula is C54H97NO3. The fraction of sp³-hybridized carbons (Fsp3) is 0.889. The summed E-state index contributed by atoms with van der Waals surface area (Å²) < 4.78 is 18.8. The van der Waals surface area contributed by atoms with Crippen LogP contribution in [0.15, 0.2) is 36.0 Å². The van der Waals surface area contributed by atoms with Gasteiger partial charge in [-0.15, -0.1) is 0 Å². The summed E-state index contributed by atoms with van der Waals surface area (Å²) in [4.78, 5) is 2.26. The maximum absolute atomic E-state index is 6.57. The van der Waals surface area contributed by atoms with Gasteiger partial charge in [-0.1, -0.05) is 135 Å². The number of hydrogen-bond donors (Lipinski definition) is 0. The van der Waals surface area contributed by atoms with Crippen LogP contribution in [-0.4, -0.2) is 64.2 Å². The predicted octanol–water partition coefficient (Wildman–Crippen LogP) is 15.0. The zero-order chi connectivity index (χ0) is 41.6. The minimum atomic E-state index is 0.317. The number of likely N-dealkylation sites (N-methyl/N-ethyl adjacent to an activating group) is 1. The Balaban J connectivity index is 1.01. The van der Waals surface area contributed by atoms with E-state index in [1.807, 2.05) is 0 Å². The normalized spacial score (nSPS) is 29.6. The Morgan fingerprint density at radius 3 is 2.05 bits per heavy atom. The van der Waals surface area contributed by atoms with Gasteiger partial charge in [0.15, 0.2) is 0 Å². The molecular weight excluding hydrogens is 711 g/mol. The van der Waals surface area contributed by atoms with Gasteiger partial charge in [0.25, 0.3) is 0 Å². The van der Waals surface area contributed by atoms with Crippen molar-refractivity contribution in [2.75, 3.05) is 47.1 Å². The molecule has 4 aliphatic rings. The first kappa shape index (κ1) is 49.7. The topological polar surface area (TPSA) is 30.9 Å². The van der Waals surface area contributed by atoms with E-state index in [-0.39, 0.29) is 0 Å². The summed E-state index contributed by atoms with van der Waals surface area (Å²) in [6, 6.07) is 0.317. The molecule has 9 atom stereocenters. The number of fused-ring (bicyclic) bond motifs is 5. The molecule has 4 rings (SSSR count). The van der Waals surface area contributed by atoms with Crippen molar-refractivity contribution >= 4 is 0 Å². The monoisotopic (exact) mass is 808 g/mol. The molecule has 3 fully saturated rings. The van der Waals surface area contributed by atoms with Crippen LogP contribution in [0.1, 0.15) is 202 Å². The first-order valence-corrected chi connectivity index (χ1v) is 25.5. The van der Waals surface area contributed by atoms with Crippen molar-refractivity contribution < 1.29 is 14.2 Å². The first-order valence-electron chi connectivity index (χ1n) is 25.5. The Bertz CT molecular complexity index is 1170. The Morgan fingerprint density at radius 2 is 1.36 bits per heavy atom. The lowest BCUT2D eigenvalue weighted by Gasteiger charge is -2.58. The van der Waals surface area contributed by atoms with Crippen LogP contribution in [0.4, 0.5) is 0 Å². The standard InChI is InChI=1S/C54H97NO3/c1-9-10-11-12-13-14-15-16-17-18-19-20-21-22-23-24-38-56-42-47(55(7)8)43-57-39-25-26-40-58-48-34-36-53(5)46(41-48)30-31-49-51-33-32-50(45(4)29-27-28-44(2)3)54(51,6)37-35-52(49)53/h13-14,16-17,30,44-45,47-52H,9-12,15,18-29,31-43H2,1-8H3/b14-13-,17-16-/t45-,47-,48+,49+,50-,51+,52+,53+,54-/m1/s1. The van der Waals surface area contributed by atoms with Crippen molar-refractivity contribution in [3.05, 3.63) is 36.0 Å². The molecule has 0 spiro atoms. The van der Waals surface area contributed by atoms with Gasteiger partial charge in [-0.2, -0.15) is 0 Å². The fourth-order valence-corrected chi connectivity index (χ4v) is 12.3. The Kier molecular flexibility index (Phi) is 23.3. The first-order chi connectivity index (χ1) is 28.1. The molecule has 0 aromatic rings. The Hall–Kier alpha value is -0.940. The molecule has 336 valence electrons. The van der Waals surface area contributed by atoms with Crippen LogP contribution >= 0.6 is 0 Å². The predicted molar refractivity (Wildman–Crippen MR) is 250 cm³/mol. The molecule has 4 aliphatic carbocycles. The number of hydrogen-bond acceptors (Lipinski definition) is 4. The van der Waals surface area contributed by atoms with E-state index in [0.29, 0.717) is 23.0 Å². The highest BCUT2D eigenvalue weighted by molar-refractivity contribution is 5.25. The number of ether oxygens (including phenoxy) is 3. The molecule has 0 bridgehead atoms. The van der Waals surface area contributed by atoms with Gasteiger partial charge in [-0.3, -0.25) is 0 Å². The fourth-order valence-electron chi connectivity index (χ4n) is 12.3. The van der Waals surface area contributed by atoms with Gasteiger partial charge in [-0.05, 0) is 163 Å². The van der Waals surface area contributed by atoms with Crippen molar-refractivity contribution in [1.29, 1.82) is 0 Å². The summed E-state index contributed by atoms with van der Waals surface area (Å²) >= 11 is 0. The second kappa shape index (κ2) is 27.2. The smallest absolute Gasteiger partial charge is 0.0644 e. The van der Waals surface area contributed by atoms with Crippen LogP contribution in [0, 0.1) is 46.3 Å². The van der Waals surface area contributed by atoms with Crippen LogP contribution in [-0.2, 0) is 14.2 Å². The zero-order valence-electron chi connectivity index (χ0n) is 39.9. The van der Waals surface area contributed by atoms with Crippen LogP contribution < -0.4 is 0 Å². The van der Waals surface area contributed by atoms with Gasteiger partial charge < -0.3 is 19.1 Å². The van der Waals surface area contributed by atoms with E-state index in [1.165, 1.54) is 141 Å². The van der Waals surface area contributed by atoms with E-state index < -0.39 is 0 Å². The van der Waals surface area contributed by atoms with Crippen LogP contribution in [0.25, 0.3) is 0 Å². The van der Waals surface area contributed by atoms with Crippen molar-refractivity contribution in [3.63, 3.8) is 0 Å². The van der Waals surface area contributed by atoms with Crippen molar-refractivity contribution in [1.82, 2.24) is 4.90 Å². The summed E-state index contributed by atoms with van der Waals surface area (Å²) in [6.07, 6.45) is 45.3. The molecule has 58 heavy (non-hydrogen) atoms. The third-order valence-electron chi connectivity index (χ3n) is 16.1. The highest BCUT2D eigenvalue weighted by atomic mass is 16.5. The molecule has 4 nitrogen and oxygen atoms in total. The molecule has 4 heteroatoms. The Labute approximate surface area is 361 Å². The van der Waals surface area contributed by atoms with Gasteiger partial charge in [0.1, 0.15) is 0 Å². The van der Waals surface area contributed by atoms with Crippen molar-refractivity contribution in [2.45, 2.75) is 214 Å². The second-order valence-electron chi connectivity index (χ2n) is 21.1. The maximum atomic E-state index is 6.57. The van der Waals surface area contributed by atoms with Crippen molar-refractivity contribution in [3.8, 4) is 0 Å². The van der Waals surface area contributed by atoms with E-state index in [4.69, 9.17) is 14.2 Å². The highest BCUT2D eigenvalue weighted by Gasteiger charge is 2.59. The number of unbranched alkanes of at least 4 members (excludes halogenated alkanes) is 10. The number of rotatable bonds is 31. The van der Waals surface area contributed by atoms with E-state index >= 15 is 0 Å². The quantitative estimate of drug-likeness (QED) is 0.0516. The summed E-state index contributed by atoms with van der Waals surface area (Å²) in [5, 5.41) is 0.